The van der Waals surface area contributed by atoms with Gasteiger partial charge in [0, 0.05) is 31.8 Å². The lowest BCUT2D eigenvalue weighted by molar-refractivity contribution is 0.239. The van der Waals surface area contributed by atoms with E-state index in [1.807, 2.05) is 12.1 Å². The van der Waals surface area contributed by atoms with Gasteiger partial charge in [0.25, 0.3) is 0 Å². The van der Waals surface area contributed by atoms with Gasteiger partial charge in [0.2, 0.25) is 0 Å². The van der Waals surface area contributed by atoms with Crippen LogP contribution in [0.3, 0.4) is 0 Å². The van der Waals surface area contributed by atoms with Gasteiger partial charge in [0.15, 0.2) is 5.96 Å². The average molecular weight is 405 g/mol. The predicted octanol–water partition coefficient (Wildman–Crippen LogP) is 3.19. The van der Waals surface area contributed by atoms with Crippen LogP contribution in [0, 0.1) is 5.92 Å². The van der Waals surface area contributed by atoms with E-state index >= 15 is 0 Å². The maximum atomic E-state index is 9.31. The lowest BCUT2D eigenvalue weighted by Gasteiger charge is -2.30. The molecule has 1 saturated heterocycles. The second kappa shape index (κ2) is 13.4. The van der Waals surface area contributed by atoms with E-state index in [4.69, 9.17) is 9.73 Å². The van der Waals surface area contributed by atoms with E-state index in [1.54, 1.807) is 7.11 Å². The van der Waals surface area contributed by atoms with Crippen molar-refractivity contribution >= 4 is 5.96 Å². The molecule has 0 radical (unpaired) electrons. The van der Waals surface area contributed by atoms with Gasteiger partial charge in [-0.3, -0.25) is 9.89 Å². The van der Waals surface area contributed by atoms with Crippen molar-refractivity contribution in [2.45, 2.75) is 52.0 Å². The van der Waals surface area contributed by atoms with Crippen LogP contribution < -0.4 is 15.4 Å². The number of hydrogen-bond donors (Lipinski definition) is 3. The average Bonchev–Trinajstić information content (AvgIpc) is 3.27. The van der Waals surface area contributed by atoms with Gasteiger partial charge in [0.1, 0.15) is 5.75 Å². The molecular weight excluding hydrogens is 364 g/mol. The summed E-state index contributed by atoms with van der Waals surface area (Å²) < 4.78 is 5.65. The molecular formula is C23H40N4O2. The normalized spacial score (nSPS) is 17.2. The summed E-state index contributed by atoms with van der Waals surface area (Å²) in [5, 5.41) is 16.2. The molecule has 1 aromatic carbocycles. The summed E-state index contributed by atoms with van der Waals surface area (Å²) in [5.41, 5.74) is 1.23. The molecule has 0 amide bonds. The first-order chi connectivity index (χ1) is 14.2. The third-order valence-electron chi connectivity index (χ3n) is 5.63. The summed E-state index contributed by atoms with van der Waals surface area (Å²) in [6.07, 6.45) is 5.53. The topological polar surface area (TPSA) is 69.1 Å². The van der Waals surface area contributed by atoms with E-state index < -0.39 is 0 Å². The molecule has 2 atom stereocenters. The Morgan fingerprint density at radius 1 is 1.17 bits per heavy atom. The number of aliphatic hydroxyl groups is 1. The van der Waals surface area contributed by atoms with Crippen molar-refractivity contribution in [1.82, 2.24) is 15.5 Å². The zero-order valence-electron chi connectivity index (χ0n) is 18.5. The third kappa shape index (κ3) is 7.52. The highest BCUT2D eigenvalue weighted by molar-refractivity contribution is 5.79. The van der Waals surface area contributed by atoms with Crippen molar-refractivity contribution in [2.24, 2.45) is 10.9 Å². The number of aliphatic imine (C=N–C) groups is 1. The second-order valence-electron chi connectivity index (χ2n) is 7.77. The Balaban J connectivity index is 2.10. The fraction of sp³-hybridized carbons (Fsp3) is 0.696. The number of para-hydroxylation sites is 1. The second-order valence-corrected chi connectivity index (χ2v) is 7.77. The number of nitrogens with one attached hydrogen (secondary N) is 2. The van der Waals surface area contributed by atoms with Crippen LogP contribution in [0.25, 0.3) is 0 Å². The zero-order chi connectivity index (χ0) is 20.9. The summed E-state index contributed by atoms with van der Waals surface area (Å²) >= 11 is 0. The number of guanidine groups is 1. The maximum absolute atomic E-state index is 9.31. The van der Waals surface area contributed by atoms with Gasteiger partial charge in [0.05, 0.1) is 13.2 Å². The Kier molecular flexibility index (Phi) is 10.9. The molecule has 164 valence electrons. The van der Waals surface area contributed by atoms with E-state index in [9.17, 15) is 5.11 Å². The molecule has 29 heavy (non-hydrogen) atoms. The van der Waals surface area contributed by atoms with Crippen LogP contribution in [-0.2, 0) is 0 Å². The number of benzene rings is 1. The quantitative estimate of drug-likeness (QED) is 0.369. The molecule has 0 aromatic heterocycles. The Morgan fingerprint density at radius 2 is 1.93 bits per heavy atom. The Labute approximate surface area is 176 Å². The molecule has 3 N–H and O–H groups in total. The minimum absolute atomic E-state index is 0.231. The first-order valence-electron chi connectivity index (χ1n) is 11.2. The van der Waals surface area contributed by atoms with Crippen molar-refractivity contribution in [1.29, 1.82) is 0 Å². The molecule has 1 aliphatic rings. The van der Waals surface area contributed by atoms with Crippen LogP contribution >= 0.6 is 0 Å². The molecule has 6 heteroatoms. The monoisotopic (exact) mass is 404 g/mol. The number of nitrogens with zero attached hydrogens (tertiary/aromatic N) is 2. The summed E-state index contributed by atoms with van der Waals surface area (Å²) in [7, 11) is 1.74. The number of likely N-dealkylation sites (tertiary alicyclic amines) is 1. The Morgan fingerprint density at radius 3 is 2.59 bits per heavy atom. The lowest BCUT2D eigenvalue weighted by Crippen LogP contribution is -2.43. The smallest absolute Gasteiger partial charge is 0.191 e. The van der Waals surface area contributed by atoms with Crippen LogP contribution in [0.1, 0.15) is 57.6 Å². The highest BCUT2D eigenvalue weighted by Gasteiger charge is 2.26. The van der Waals surface area contributed by atoms with Crippen molar-refractivity contribution in [3.8, 4) is 5.75 Å². The summed E-state index contributed by atoms with van der Waals surface area (Å²) in [4.78, 5) is 7.36. The third-order valence-corrected chi connectivity index (χ3v) is 5.63. The van der Waals surface area contributed by atoms with Crippen molar-refractivity contribution < 1.29 is 9.84 Å². The van der Waals surface area contributed by atoms with Crippen LogP contribution in [0.2, 0.25) is 0 Å². The molecule has 2 unspecified atom stereocenters. The lowest BCUT2D eigenvalue weighted by atomic mass is 10.0. The van der Waals surface area contributed by atoms with Gasteiger partial charge < -0.3 is 20.5 Å². The first-order valence-corrected chi connectivity index (χ1v) is 11.2. The summed E-state index contributed by atoms with van der Waals surface area (Å²) in [6.45, 7) is 9.10. The molecule has 1 heterocycles. The molecule has 0 bridgehead atoms. The molecule has 0 saturated carbocycles. The highest BCUT2D eigenvalue weighted by atomic mass is 16.5. The van der Waals surface area contributed by atoms with E-state index in [2.05, 4.69) is 41.5 Å². The first kappa shape index (κ1) is 23.5. The molecule has 0 aliphatic carbocycles. The van der Waals surface area contributed by atoms with Gasteiger partial charge in [-0.2, -0.15) is 0 Å². The highest BCUT2D eigenvalue weighted by Crippen LogP contribution is 2.31. The molecule has 1 aliphatic heterocycles. The van der Waals surface area contributed by atoms with E-state index in [0.29, 0.717) is 5.92 Å². The van der Waals surface area contributed by atoms with Gasteiger partial charge >= 0.3 is 0 Å². The minimum atomic E-state index is 0.231. The number of rotatable bonds is 12. The predicted molar refractivity (Wildman–Crippen MR) is 121 cm³/mol. The van der Waals surface area contributed by atoms with E-state index in [-0.39, 0.29) is 12.6 Å². The summed E-state index contributed by atoms with van der Waals surface area (Å²) in [5.74, 6) is 2.23. The van der Waals surface area contributed by atoms with Crippen molar-refractivity contribution in [2.75, 3.05) is 46.4 Å². The standard InChI is InChI=1S/C23H40N4O2/c1-4-10-19(13-16-28)17-25-23(24-5-2)26-18-21(27-14-8-9-15-27)20-11-6-7-12-22(20)29-3/h6-7,11-12,19,21,28H,4-5,8-10,13-18H2,1-3H3,(H2,24,25,26). The van der Waals surface area contributed by atoms with Crippen molar-refractivity contribution in [3.63, 3.8) is 0 Å². The Hall–Kier alpha value is -1.79. The largest absolute Gasteiger partial charge is 0.496 e. The van der Waals surface area contributed by atoms with Crippen molar-refractivity contribution in [3.05, 3.63) is 29.8 Å². The van der Waals surface area contributed by atoms with Crippen LogP contribution in [0.5, 0.6) is 5.75 Å². The van der Waals surface area contributed by atoms with Gasteiger partial charge in [-0.05, 0) is 57.7 Å². The molecule has 0 spiro atoms. The fourth-order valence-corrected chi connectivity index (χ4v) is 4.10. The Bertz CT molecular complexity index is 596. The van der Waals surface area contributed by atoms with E-state index in [0.717, 1.165) is 63.7 Å². The molecule has 1 fully saturated rings. The fourth-order valence-electron chi connectivity index (χ4n) is 4.10. The van der Waals surface area contributed by atoms with E-state index in [1.165, 1.54) is 18.4 Å². The maximum Gasteiger partial charge on any atom is 0.191 e. The molecule has 2 rings (SSSR count). The van der Waals surface area contributed by atoms with Gasteiger partial charge in [-0.1, -0.05) is 31.5 Å². The number of methoxy groups -OCH3 is 1. The SMILES string of the molecule is CCCC(CCO)CN=C(NCC)NCC(c1ccccc1OC)N1CCCC1. The van der Waals surface area contributed by atoms with Gasteiger partial charge in [-0.25, -0.2) is 0 Å². The number of aliphatic hydroxyl groups excluding tert-OH is 1. The zero-order valence-corrected chi connectivity index (χ0v) is 18.5. The van der Waals surface area contributed by atoms with Gasteiger partial charge in [-0.15, -0.1) is 0 Å². The van der Waals surface area contributed by atoms with Crippen LogP contribution in [0.15, 0.2) is 29.3 Å². The minimum Gasteiger partial charge on any atom is -0.496 e. The number of hydrogen-bond acceptors (Lipinski definition) is 4. The molecule has 1 aromatic rings. The summed E-state index contributed by atoms with van der Waals surface area (Å²) in [6, 6.07) is 8.58. The van der Waals surface area contributed by atoms with Crippen LogP contribution in [-0.4, -0.2) is 62.4 Å². The molecule has 6 nitrogen and oxygen atoms in total. The number of ether oxygens (including phenoxy) is 1. The van der Waals surface area contributed by atoms with Crippen LogP contribution in [0.4, 0.5) is 0 Å².